The van der Waals surface area contributed by atoms with Crippen molar-refractivity contribution in [3.05, 3.63) is 66.4 Å². The van der Waals surface area contributed by atoms with E-state index in [2.05, 4.69) is 25.9 Å². The highest BCUT2D eigenvalue weighted by Crippen LogP contribution is 2.20. The lowest BCUT2D eigenvalue weighted by Gasteiger charge is -2.13. The second-order valence-corrected chi connectivity index (χ2v) is 6.84. The number of hydrogen-bond donors (Lipinski definition) is 3. The molecule has 0 unspecified atom stereocenters. The molecule has 7 heteroatoms. The number of rotatable bonds is 6. The van der Waals surface area contributed by atoms with Crippen molar-refractivity contribution in [3.63, 3.8) is 0 Å². The number of hydrogen-bond acceptors (Lipinski definition) is 5. The van der Waals surface area contributed by atoms with Crippen molar-refractivity contribution < 1.29 is 9.59 Å². The Labute approximate surface area is 169 Å². The van der Waals surface area contributed by atoms with E-state index in [-0.39, 0.29) is 23.6 Å². The SMILES string of the molecule is CC(=O)Nc1ccc(NC(=O)c2cc(NC(C)C)nc(-c3ccccc3)n2)cc1. The van der Waals surface area contributed by atoms with Crippen molar-refractivity contribution in [3.8, 4) is 11.4 Å². The summed E-state index contributed by atoms with van der Waals surface area (Å²) in [5.74, 6) is 0.562. The van der Waals surface area contributed by atoms with Crippen LogP contribution in [-0.4, -0.2) is 27.8 Å². The van der Waals surface area contributed by atoms with E-state index in [1.807, 2.05) is 44.2 Å². The lowest BCUT2D eigenvalue weighted by Crippen LogP contribution is -2.17. The quantitative estimate of drug-likeness (QED) is 0.588. The molecule has 0 saturated heterocycles. The van der Waals surface area contributed by atoms with Crippen LogP contribution in [0.25, 0.3) is 11.4 Å². The van der Waals surface area contributed by atoms with Crippen LogP contribution in [0, 0.1) is 0 Å². The normalized spacial score (nSPS) is 10.5. The van der Waals surface area contributed by atoms with Gasteiger partial charge in [-0.25, -0.2) is 9.97 Å². The molecule has 1 aromatic heterocycles. The minimum atomic E-state index is -0.344. The van der Waals surface area contributed by atoms with Gasteiger partial charge >= 0.3 is 0 Å². The second-order valence-electron chi connectivity index (χ2n) is 6.84. The van der Waals surface area contributed by atoms with Gasteiger partial charge in [0.2, 0.25) is 5.91 Å². The van der Waals surface area contributed by atoms with Gasteiger partial charge in [-0.2, -0.15) is 0 Å². The van der Waals surface area contributed by atoms with Gasteiger partial charge in [-0.15, -0.1) is 0 Å². The van der Waals surface area contributed by atoms with Crippen LogP contribution in [0.3, 0.4) is 0 Å². The molecule has 0 fully saturated rings. The standard InChI is InChI=1S/C22H23N5O2/c1-14(2)23-20-13-19(26-21(27-20)16-7-5-4-6-8-16)22(29)25-18-11-9-17(10-12-18)24-15(3)28/h4-14H,1-3H3,(H,24,28)(H,25,29)(H,23,26,27). The van der Waals surface area contributed by atoms with E-state index in [4.69, 9.17) is 0 Å². The third-order valence-corrected chi connectivity index (χ3v) is 3.89. The van der Waals surface area contributed by atoms with Crippen molar-refractivity contribution >= 4 is 29.0 Å². The van der Waals surface area contributed by atoms with Crippen molar-refractivity contribution in [2.75, 3.05) is 16.0 Å². The highest BCUT2D eigenvalue weighted by Gasteiger charge is 2.14. The maximum absolute atomic E-state index is 12.8. The first-order valence-corrected chi connectivity index (χ1v) is 9.31. The number of carbonyl (C=O) groups is 2. The van der Waals surface area contributed by atoms with Crippen LogP contribution >= 0.6 is 0 Å². The Balaban J connectivity index is 1.86. The Morgan fingerprint density at radius 3 is 2.07 bits per heavy atom. The highest BCUT2D eigenvalue weighted by atomic mass is 16.2. The van der Waals surface area contributed by atoms with E-state index in [0.717, 1.165) is 5.56 Å². The Morgan fingerprint density at radius 2 is 1.48 bits per heavy atom. The van der Waals surface area contributed by atoms with Gasteiger partial charge < -0.3 is 16.0 Å². The molecule has 2 aromatic carbocycles. The summed E-state index contributed by atoms with van der Waals surface area (Å²) in [5.41, 5.74) is 2.34. The van der Waals surface area contributed by atoms with Crippen LogP contribution < -0.4 is 16.0 Å². The zero-order valence-electron chi connectivity index (χ0n) is 16.6. The smallest absolute Gasteiger partial charge is 0.274 e. The number of benzene rings is 2. The largest absolute Gasteiger partial charge is 0.368 e. The Bertz CT molecular complexity index is 1000. The van der Waals surface area contributed by atoms with Gasteiger partial charge in [0, 0.05) is 36.0 Å². The molecule has 3 rings (SSSR count). The molecule has 0 bridgehead atoms. The minimum Gasteiger partial charge on any atom is -0.368 e. The average Bonchev–Trinajstić information content (AvgIpc) is 2.69. The van der Waals surface area contributed by atoms with Crippen LogP contribution in [0.15, 0.2) is 60.7 Å². The molecular formula is C22H23N5O2. The van der Waals surface area contributed by atoms with Crippen LogP contribution in [0.2, 0.25) is 0 Å². The fourth-order valence-corrected chi connectivity index (χ4v) is 2.68. The molecule has 3 N–H and O–H groups in total. The Hall–Kier alpha value is -3.74. The van der Waals surface area contributed by atoms with Crippen LogP contribution in [0.5, 0.6) is 0 Å². The molecule has 3 aromatic rings. The molecule has 0 spiro atoms. The monoisotopic (exact) mass is 389 g/mol. The zero-order chi connectivity index (χ0) is 20.8. The molecule has 0 atom stereocenters. The molecule has 0 aliphatic carbocycles. The predicted octanol–water partition coefficient (Wildman–Crippen LogP) is 4.17. The van der Waals surface area contributed by atoms with E-state index in [1.54, 1.807) is 30.3 Å². The summed E-state index contributed by atoms with van der Waals surface area (Å²) in [6.45, 7) is 5.44. The summed E-state index contributed by atoms with van der Waals surface area (Å²) in [6.07, 6.45) is 0. The molecule has 0 saturated carbocycles. The number of carbonyl (C=O) groups excluding carboxylic acids is 2. The topological polar surface area (TPSA) is 96.0 Å². The fourth-order valence-electron chi connectivity index (χ4n) is 2.68. The maximum Gasteiger partial charge on any atom is 0.274 e. The summed E-state index contributed by atoms with van der Waals surface area (Å²) in [5, 5.41) is 8.74. The molecule has 29 heavy (non-hydrogen) atoms. The number of amides is 2. The lowest BCUT2D eigenvalue weighted by atomic mass is 10.2. The van der Waals surface area contributed by atoms with Crippen LogP contribution in [-0.2, 0) is 4.79 Å². The second kappa shape index (κ2) is 8.97. The molecule has 0 aliphatic rings. The molecule has 7 nitrogen and oxygen atoms in total. The van der Waals surface area contributed by atoms with Crippen molar-refractivity contribution in [2.24, 2.45) is 0 Å². The van der Waals surface area contributed by atoms with Gasteiger partial charge in [0.25, 0.3) is 5.91 Å². The van der Waals surface area contributed by atoms with Gasteiger partial charge in [0.15, 0.2) is 5.82 Å². The predicted molar refractivity (Wildman–Crippen MR) is 115 cm³/mol. The number of aromatic nitrogens is 2. The van der Waals surface area contributed by atoms with Crippen molar-refractivity contribution in [1.82, 2.24) is 9.97 Å². The summed E-state index contributed by atoms with van der Waals surface area (Å²) < 4.78 is 0. The minimum absolute atomic E-state index is 0.151. The molecule has 0 radical (unpaired) electrons. The Kier molecular flexibility index (Phi) is 6.19. The maximum atomic E-state index is 12.8. The van der Waals surface area contributed by atoms with Crippen molar-refractivity contribution in [2.45, 2.75) is 26.8 Å². The van der Waals surface area contributed by atoms with Gasteiger partial charge in [-0.3, -0.25) is 9.59 Å². The van der Waals surface area contributed by atoms with Crippen LogP contribution in [0.1, 0.15) is 31.3 Å². The molecule has 1 heterocycles. The van der Waals surface area contributed by atoms with E-state index >= 15 is 0 Å². The van der Waals surface area contributed by atoms with E-state index < -0.39 is 0 Å². The third-order valence-electron chi connectivity index (χ3n) is 3.89. The number of anilines is 3. The first-order valence-electron chi connectivity index (χ1n) is 9.31. The first kappa shape index (κ1) is 20.0. The number of nitrogens with zero attached hydrogens (tertiary/aromatic N) is 2. The molecule has 2 amide bonds. The molecular weight excluding hydrogens is 366 g/mol. The zero-order valence-corrected chi connectivity index (χ0v) is 16.6. The van der Waals surface area contributed by atoms with Gasteiger partial charge in [0.1, 0.15) is 11.5 Å². The molecule has 148 valence electrons. The van der Waals surface area contributed by atoms with E-state index in [1.165, 1.54) is 6.92 Å². The highest BCUT2D eigenvalue weighted by molar-refractivity contribution is 6.03. The summed E-state index contributed by atoms with van der Waals surface area (Å²) in [7, 11) is 0. The summed E-state index contributed by atoms with van der Waals surface area (Å²) >= 11 is 0. The Morgan fingerprint density at radius 1 is 0.862 bits per heavy atom. The van der Waals surface area contributed by atoms with Gasteiger partial charge in [0.05, 0.1) is 0 Å². The summed E-state index contributed by atoms with van der Waals surface area (Å²) in [6, 6.07) is 18.2. The fraction of sp³-hybridized carbons (Fsp3) is 0.182. The van der Waals surface area contributed by atoms with Crippen LogP contribution in [0.4, 0.5) is 17.2 Å². The molecule has 0 aliphatic heterocycles. The third kappa shape index (κ3) is 5.62. The van der Waals surface area contributed by atoms with E-state index in [0.29, 0.717) is 23.0 Å². The van der Waals surface area contributed by atoms with E-state index in [9.17, 15) is 9.59 Å². The van der Waals surface area contributed by atoms with Gasteiger partial charge in [-0.05, 0) is 38.1 Å². The first-order chi connectivity index (χ1) is 13.9. The lowest BCUT2D eigenvalue weighted by molar-refractivity contribution is -0.114. The number of nitrogens with one attached hydrogen (secondary N) is 3. The van der Waals surface area contributed by atoms with Crippen molar-refractivity contribution in [1.29, 1.82) is 0 Å². The summed E-state index contributed by atoms with van der Waals surface area (Å²) in [4.78, 5) is 32.9. The van der Waals surface area contributed by atoms with Gasteiger partial charge in [-0.1, -0.05) is 30.3 Å². The average molecular weight is 389 g/mol.